The molecule has 7 heteroatoms. The monoisotopic (exact) mass is 379 g/mol. The Bertz CT molecular complexity index is 992. The standard InChI is InChI=1S/C21H18FN3O3/c22-17-4-2-1-3-14(17)12-24-21(26)15-5-8-20(23-13-15)25-16-6-7-18-19(11-16)28-10-9-27-18/h1-8,11,13H,9-10,12H2,(H,23,25)(H,24,26). The molecule has 0 saturated carbocycles. The van der Waals surface area contributed by atoms with Crippen LogP contribution in [0.5, 0.6) is 11.5 Å². The molecule has 0 unspecified atom stereocenters. The summed E-state index contributed by atoms with van der Waals surface area (Å²) in [6.45, 7) is 1.18. The van der Waals surface area contributed by atoms with Crippen molar-refractivity contribution in [2.75, 3.05) is 18.5 Å². The van der Waals surface area contributed by atoms with Gasteiger partial charge in [-0.2, -0.15) is 0 Å². The second kappa shape index (κ2) is 7.96. The van der Waals surface area contributed by atoms with Crippen LogP contribution >= 0.6 is 0 Å². The third kappa shape index (κ3) is 4.03. The van der Waals surface area contributed by atoms with Crippen molar-refractivity contribution in [1.82, 2.24) is 10.3 Å². The first-order valence-corrected chi connectivity index (χ1v) is 8.83. The Morgan fingerprint density at radius 2 is 1.86 bits per heavy atom. The number of carbonyl (C=O) groups is 1. The van der Waals surface area contributed by atoms with Crippen LogP contribution in [0.15, 0.2) is 60.8 Å². The molecule has 2 heterocycles. The number of fused-ring (bicyclic) bond motifs is 1. The van der Waals surface area contributed by atoms with Crippen molar-refractivity contribution in [3.05, 3.63) is 77.7 Å². The lowest BCUT2D eigenvalue weighted by Crippen LogP contribution is -2.23. The van der Waals surface area contributed by atoms with Crippen molar-refractivity contribution in [2.24, 2.45) is 0 Å². The lowest BCUT2D eigenvalue weighted by atomic mass is 10.2. The van der Waals surface area contributed by atoms with E-state index in [1.807, 2.05) is 18.2 Å². The first kappa shape index (κ1) is 17.8. The number of carbonyl (C=O) groups excluding carboxylic acids is 1. The van der Waals surface area contributed by atoms with E-state index in [0.717, 1.165) is 5.69 Å². The molecule has 2 N–H and O–H groups in total. The van der Waals surface area contributed by atoms with Crippen molar-refractivity contribution in [1.29, 1.82) is 0 Å². The fourth-order valence-electron chi connectivity index (χ4n) is 2.79. The molecule has 1 aliphatic heterocycles. The van der Waals surface area contributed by atoms with E-state index in [9.17, 15) is 9.18 Å². The number of hydrogen-bond acceptors (Lipinski definition) is 5. The normalized spacial score (nSPS) is 12.3. The van der Waals surface area contributed by atoms with Gasteiger partial charge in [-0.1, -0.05) is 18.2 Å². The van der Waals surface area contributed by atoms with Gasteiger partial charge >= 0.3 is 0 Å². The minimum absolute atomic E-state index is 0.114. The number of halogens is 1. The Kier molecular flexibility index (Phi) is 5.05. The average molecular weight is 379 g/mol. The molecule has 1 amide bonds. The summed E-state index contributed by atoms with van der Waals surface area (Å²) in [6, 6.07) is 15.2. The molecule has 0 fully saturated rings. The molecule has 0 atom stereocenters. The first-order chi connectivity index (χ1) is 13.7. The van der Waals surface area contributed by atoms with Gasteiger partial charge in [0.1, 0.15) is 24.8 Å². The van der Waals surface area contributed by atoms with E-state index in [4.69, 9.17) is 9.47 Å². The van der Waals surface area contributed by atoms with Crippen LogP contribution in [0.3, 0.4) is 0 Å². The van der Waals surface area contributed by atoms with E-state index in [1.165, 1.54) is 12.3 Å². The van der Waals surface area contributed by atoms with Crippen molar-refractivity contribution in [3.8, 4) is 11.5 Å². The summed E-state index contributed by atoms with van der Waals surface area (Å²) >= 11 is 0. The lowest BCUT2D eigenvalue weighted by molar-refractivity contribution is 0.0950. The SMILES string of the molecule is O=C(NCc1ccccc1F)c1ccc(Nc2ccc3c(c2)OCCO3)nc1. The molecule has 4 rings (SSSR count). The summed E-state index contributed by atoms with van der Waals surface area (Å²) in [6.07, 6.45) is 1.47. The molecular weight excluding hydrogens is 361 g/mol. The molecule has 3 aromatic rings. The first-order valence-electron chi connectivity index (χ1n) is 8.83. The van der Waals surface area contributed by atoms with Gasteiger partial charge in [0.25, 0.3) is 5.91 Å². The highest BCUT2D eigenvalue weighted by molar-refractivity contribution is 5.94. The van der Waals surface area contributed by atoms with Gasteiger partial charge in [-0.3, -0.25) is 4.79 Å². The number of anilines is 2. The highest BCUT2D eigenvalue weighted by atomic mass is 19.1. The highest BCUT2D eigenvalue weighted by Crippen LogP contribution is 2.33. The number of benzene rings is 2. The average Bonchev–Trinajstić information content (AvgIpc) is 2.73. The van der Waals surface area contributed by atoms with Crippen molar-refractivity contribution < 1.29 is 18.7 Å². The van der Waals surface area contributed by atoms with E-state index in [2.05, 4.69) is 15.6 Å². The van der Waals surface area contributed by atoms with Crippen molar-refractivity contribution >= 4 is 17.4 Å². The zero-order valence-corrected chi connectivity index (χ0v) is 14.9. The van der Waals surface area contributed by atoms with Crippen LogP contribution in [-0.4, -0.2) is 24.1 Å². The van der Waals surface area contributed by atoms with E-state index in [-0.39, 0.29) is 18.3 Å². The Hall–Kier alpha value is -3.61. The van der Waals surface area contributed by atoms with Gasteiger partial charge in [0.05, 0.1) is 5.56 Å². The molecule has 1 aliphatic rings. The maximum atomic E-state index is 13.6. The maximum Gasteiger partial charge on any atom is 0.253 e. The van der Waals surface area contributed by atoms with Gasteiger partial charge in [0, 0.05) is 30.1 Å². The van der Waals surface area contributed by atoms with E-state index in [1.54, 1.807) is 30.3 Å². The Morgan fingerprint density at radius 1 is 1.04 bits per heavy atom. The quantitative estimate of drug-likeness (QED) is 0.708. The smallest absolute Gasteiger partial charge is 0.253 e. The van der Waals surface area contributed by atoms with Gasteiger partial charge < -0.3 is 20.1 Å². The Morgan fingerprint density at radius 3 is 2.64 bits per heavy atom. The van der Waals surface area contributed by atoms with Gasteiger partial charge in [-0.25, -0.2) is 9.37 Å². The second-order valence-electron chi connectivity index (χ2n) is 6.19. The third-order valence-corrected chi connectivity index (χ3v) is 4.24. The zero-order valence-electron chi connectivity index (χ0n) is 14.9. The molecule has 6 nitrogen and oxygen atoms in total. The predicted octanol–water partition coefficient (Wildman–Crippen LogP) is 3.67. The predicted molar refractivity (Wildman–Crippen MR) is 103 cm³/mol. The minimum atomic E-state index is -0.347. The fourth-order valence-corrected chi connectivity index (χ4v) is 2.79. The van der Waals surface area contributed by atoms with E-state index < -0.39 is 0 Å². The van der Waals surface area contributed by atoms with E-state index in [0.29, 0.717) is 41.7 Å². The number of rotatable bonds is 5. The molecule has 142 valence electrons. The number of ether oxygens (including phenoxy) is 2. The number of hydrogen-bond donors (Lipinski definition) is 2. The number of pyridine rings is 1. The molecule has 0 spiro atoms. The van der Waals surface area contributed by atoms with E-state index >= 15 is 0 Å². The number of nitrogens with zero attached hydrogens (tertiary/aromatic N) is 1. The van der Waals surface area contributed by atoms with Crippen LogP contribution in [0.2, 0.25) is 0 Å². The fraction of sp³-hybridized carbons (Fsp3) is 0.143. The summed E-state index contributed by atoms with van der Waals surface area (Å²) in [5, 5.41) is 5.85. The molecule has 28 heavy (non-hydrogen) atoms. The number of amides is 1. The molecule has 2 aromatic carbocycles. The van der Waals surface area contributed by atoms with Crippen LogP contribution in [0.25, 0.3) is 0 Å². The summed E-state index contributed by atoms with van der Waals surface area (Å²) in [5.74, 6) is 1.32. The highest BCUT2D eigenvalue weighted by Gasteiger charge is 2.12. The van der Waals surface area contributed by atoms with Crippen LogP contribution in [0.1, 0.15) is 15.9 Å². The van der Waals surface area contributed by atoms with Crippen molar-refractivity contribution in [3.63, 3.8) is 0 Å². The van der Waals surface area contributed by atoms with Gasteiger partial charge in [-0.15, -0.1) is 0 Å². The third-order valence-electron chi connectivity index (χ3n) is 4.24. The zero-order chi connectivity index (χ0) is 19.3. The van der Waals surface area contributed by atoms with Gasteiger partial charge in [0.2, 0.25) is 0 Å². The Balaban J connectivity index is 1.38. The second-order valence-corrected chi connectivity index (χ2v) is 6.19. The molecule has 1 aromatic heterocycles. The largest absolute Gasteiger partial charge is 0.486 e. The maximum absolute atomic E-state index is 13.6. The van der Waals surface area contributed by atoms with Gasteiger partial charge in [-0.05, 0) is 30.3 Å². The molecule has 0 aliphatic carbocycles. The number of aromatic nitrogens is 1. The molecule has 0 bridgehead atoms. The molecular formula is C21H18FN3O3. The van der Waals surface area contributed by atoms with Crippen LogP contribution in [0.4, 0.5) is 15.9 Å². The molecule has 0 radical (unpaired) electrons. The van der Waals surface area contributed by atoms with Crippen LogP contribution in [-0.2, 0) is 6.54 Å². The number of nitrogens with one attached hydrogen (secondary N) is 2. The molecule has 0 saturated heterocycles. The summed E-state index contributed by atoms with van der Waals surface area (Å²) in [4.78, 5) is 16.5. The van der Waals surface area contributed by atoms with Crippen LogP contribution in [0, 0.1) is 5.82 Å². The van der Waals surface area contributed by atoms with Crippen molar-refractivity contribution in [2.45, 2.75) is 6.54 Å². The Labute approximate surface area is 161 Å². The summed E-state index contributed by atoms with van der Waals surface area (Å²) < 4.78 is 24.7. The lowest BCUT2D eigenvalue weighted by Gasteiger charge is -2.19. The summed E-state index contributed by atoms with van der Waals surface area (Å²) in [5.41, 5.74) is 1.62. The topological polar surface area (TPSA) is 72.5 Å². The van der Waals surface area contributed by atoms with Gasteiger partial charge in [0.15, 0.2) is 11.5 Å². The minimum Gasteiger partial charge on any atom is -0.486 e. The van der Waals surface area contributed by atoms with Crippen LogP contribution < -0.4 is 20.1 Å². The summed E-state index contributed by atoms with van der Waals surface area (Å²) in [7, 11) is 0.